The zero-order chi connectivity index (χ0) is 19.8. The number of rotatable bonds is 8. The maximum atomic E-state index is 13.2. The Labute approximate surface area is 173 Å². The predicted octanol–water partition coefficient (Wildman–Crippen LogP) is 5.01. The normalized spacial score (nSPS) is 12.4. The van der Waals surface area contributed by atoms with Gasteiger partial charge in [-0.25, -0.2) is 0 Å². The van der Waals surface area contributed by atoms with E-state index in [-0.39, 0.29) is 11.7 Å². The average molecular weight is 409 g/mol. The molecule has 0 fully saturated rings. The Morgan fingerprint density at radius 3 is 1.57 bits per heavy atom. The topological polar surface area (TPSA) is 17.1 Å². The van der Waals surface area contributed by atoms with E-state index >= 15 is 0 Å². The summed E-state index contributed by atoms with van der Waals surface area (Å²) < 4.78 is 0. The van der Waals surface area contributed by atoms with Gasteiger partial charge in [0.05, 0.1) is 0 Å². The van der Waals surface area contributed by atoms with Crippen molar-refractivity contribution in [1.82, 2.24) is 0 Å². The van der Waals surface area contributed by atoms with Gasteiger partial charge in [0.2, 0.25) is 0 Å². The summed E-state index contributed by atoms with van der Waals surface area (Å²) in [5.41, 5.74) is 0. The molecule has 0 radical (unpaired) electrons. The van der Waals surface area contributed by atoms with Crippen LogP contribution >= 0.6 is 18.5 Å². The van der Waals surface area contributed by atoms with E-state index in [0.717, 1.165) is 6.42 Å². The molecule has 28 heavy (non-hydrogen) atoms. The standard InChI is InChI=1S/C25H26ClOP/c1-21(17-18-26)19-22(27)20-28(23-11-5-2-6-12-23,24-13-7-3-8-14-24)25-15-9-4-10-16-25/h2-16,20-21H,17-19H2,1H3. The summed E-state index contributed by atoms with van der Waals surface area (Å²) in [4.78, 5) is 13.2. The van der Waals surface area contributed by atoms with Gasteiger partial charge < -0.3 is 0 Å². The second kappa shape index (κ2) is 9.92. The lowest BCUT2D eigenvalue weighted by Crippen LogP contribution is -2.28. The first-order valence-corrected chi connectivity index (χ1v) is 12.1. The van der Waals surface area contributed by atoms with Crippen molar-refractivity contribution < 1.29 is 4.79 Å². The van der Waals surface area contributed by atoms with E-state index < -0.39 is 6.89 Å². The monoisotopic (exact) mass is 408 g/mol. The zero-order valence-corrected chi connectivity index (χ0v) is 17.8. The summed E-state index contributed by atoms with van der Waals surface area (Å²) in [7, 11) is 0. The number of benzene rings is 3. The third-order valence-corrected chi connectivity index (χ3v) is 9.21. The summed E-state index contributed by atoms with van der Waals surface area (Å²) in [6.45, 7) is -0.0931. The van der Waals surface area contributed by atoms with Crippen molar-refractivity contribution >= 4 is 46.0 Å². The minimum Gasteiger partial charge on any atom is -0.295 e. The predicted molar refractivity (Wildman–Crippen MR) is 125 cm³/mol. The smallest absolute Gasteiger partial charge is 0.157 e. The molecule has 3 aromatic rings. The van der Waals surface area contributed by atoms with Crippen LogP contribution < -0.4 is 15.9 Å². The number of halogens is 1. The van der Waals surface area contributed by atoms with Gasteiger partial charge in [0.25, 0.3) is 0 Å². The Kier molecular flexibility index (Phi) is 7.31. The van der Waals surface area contributed by atoms with Crippen LogP contribution in [0.4, 0.5) is 0 Å². The van der Waals surface area contributed by atoms with E-state index in [1.165, 1.54) is 15.9 Å². The van der Waals surface area contributed by atoms with Gasteiger partial charge in [0, 0.05) is 12.3 Å². The van der Waals surface area contributed by atoms with Crippen LogP contribution in [0.1, 0.15) is 19.8 Å². The molecule has 1 nitrogen and oxygen atoms in total. The third-order valence-electron chi connectivity index (χ3n) is 4.98. The lowest BCUT2D eigenvalue weighted by Gasteiger charge is -2.28. The van der Waals surface area contributed by atoms with Crippen molar-refractivity contribution in [3.8, 4) is 0 Å². The van der Waals surface area contributed by atoms with Crippen LogP contribution in [0, 0.1) is 5.92 Å². The Hall–Kier alpha value is -2.08. The van der Waals surface area contributed by atoms with Gasteiger partial charge in [0.1, 0.15) is 0 Å². The number of Topliss-reactive ketones (excluding diaryl/α,β-unsaturated/α-hetero) is 1. The molecule has 1 unspecified atom stereocenters. The van der Waals surface area contributed by atoms with Crippen LogP contribution in [0.25, 0.3) is 0 Å². The van der Waals surface area contributed by atoms with Crippen molar-refractivity contribution in [3.63, 3.8) is 0 Å². The first-order valence-electron chi connectivity index (χ1n) is 9.67. The Morgan fingerprint density at radius 2 is 1.21 bits per heavy atom. The number of hydrogen-bond donors (Lipinski definition) is 0. The van der Waals surface area contributed by atoms with Crippen LogP contribution in [0.3, 0.4) is 0 Å². The van der Waals surface area contributed by atoms with Crippen molar-refractivity contribution in [2.24, 2.45) is 5.92 Å². The van der Waals surface area contributed by atoms with Gasteiger partial charge >= 0.3 is 0 Å². The minimum atomic E-state index is -2.19. The summed E-state index contributed by atoms with van der Waals surface area (Å²) in [6.07, 6.45) is 1.38. The fourth-order valence-electron chi connectivity index (χ4n) is 3.56. The highest BCUT2D eigenvalue weighted by Gasteiger charge is 2.26. The number of carbonyl (C=O) groups excluding carboxylic acids is 1. The summed E-state index contributed by atoms with van der Waals surface area (Å²) >= 11 is 5.89. The molecule has 0 saturated carbocycles. The van der Waals surface area contributed by atoms with Crippen molar-refractivity contribution in [1.29, 1.82) is 0 Å². The van der Waals surface area contributed by atoms with Crippen LogP contribution in [0.15, 0.2) is 91.0 Å². The molecule has 3 rings (SSSR count). The molecule has 0 aliphatic carbocycles. The first-order chi connectivity index (χ1) is 13.7. The first kappa shape index (κ1) is 20.6. The lowest BCUT2D eigenvalue weighted by molar-refractivity contribution is -0.113. The number of ketones is 1. The molecule has 1 atom stereocenters. The number of hydrogen-bond acceptors (Lipinski definition) is 1. The molecule has 0 aliphatic heterocycles. The molecule has 0 bridgehead atoms. The zero-order valence-electron chi connectivity index (χ0n) is 16.2. The Morgan fingerprint density at radius 1 is 0.821 bits per heavy atom. The van der Waals surface area contributed by atoms with Crippen LogP contribution in [0.5, 0.6) is 0 Å². The quantitative estimate of drug-likeness (QED) is 0.378. The largest absolute Gasteiger partial charge is 0.295 e. The summed E-state index contributed by atoms with van der Waals surface area (Å²) in [5, 5.41) is 3.60. The van der Waals surface area contributed by atoms with E-state index in [2.05, 4.69) is 79.7 Å². The van der Waals surface area contributed by atoms with E-state index in [1.54, 1.807) is 0 Å². The molecule has 144 valence electrons. The highest BCUT2D eigenvalue weighted by atomic mass is 35.5. The fourth-order valence-corrected chi connectivity index (χ4v) is 7.74. The molecule has 0 heterocycles. The van der Waals surface area contributed by atoms with Gasteiger partial charge in [-0.2, -0.15) is 0 Å². The molecule has 0 aliphatic rings. The second-order valence-electron chi connectivity index (χ2n) is 7.11. The van der Waals surface area contributed by atoms with Crippen molar-refractivity contribution in [2.75, 3.05) is 5.88 Å². The van der Waals surface area contributed by atoms with Gasteiger partial charge in [-0.1, -0.05) is 97.9 Å². The molecule has 0 spiro atoms. The minimum absolute atomic E-state index is 0.197. The van der Waals surface area contributed by atoms with Gasteiger partial charge in [-0.3, -0.25) is 4.79 Å². The molecule has 0 amide bonds. The summed E-state index contributed by atoms with van der Waals surface area (Å²) in [5.74, 6) is 3.09. The number of carbonyl (C=O) groups is 1. The fraction of sp³-hybridized carbons (Fsp3) is 0.200. The van der Waals surface area contributed by atoms with Gasteiger partial charge in [0.15, 0.2) is 5.78 Å². The van der Waals surface area contributed by atoms with Crippen molar-refractivity contribution in [2.45, 2.75) is 19.8 Å². The molecule has 0 saturated heterocycles. The molecule has 0 N–H and O–H groups in total. The van der Waals surface area contributed by atoms with Crippen LogP contribution in [0.2, 0.25) is 0 Å². The summed E-state index contributed by atoms with van der Waals surface area (Å²) in [6, 6.07) is 31.4. The van der Waals surface area contributed by atoms with Crippen LogP contribution in [-0.4, -0.2) is 17.5 Å². The highest BCUT2D eigenvalue weighted by Crippen LogP contribution is 2.43. The number of alkyl halides is 1. The molecule has 0 aromatic heterocycles. The second-order valence-corrected chi connectivity index (χ2v) is 10.7. The van der Waals surface area contributed by atoms with E-state index in [1.807, 2.05) is 24.0 Å². The SMILES string of the molecule is CC(CCCl)CC(=O)C=P(c1ccccc1)(c1ccccc1)c1ccccc1. The maximum Gasteiger partial charge on any atom is 0.157 e. The maximum absolute atomic E-state index is 13.2. The van der Waals surface area contributed by atoms with Gasteiger partial charge in [-0.15, -0.1) is 11.6 Å². The highest BCUT2D eigenvalue weighted by molar-refractivity contribution is 7.95. The van der Waals surface area contributed by atoms with Gasteiger partial charge in [-0.05, 0) is 40.9 Å². The Bertz CT molecular complexity index is 833. The van der Waals surface area contributed by atoms with E-state index in [0.29, 0.717) is 12.3 Å². The average Bonchev–Trinajstić information content (AvgIpc) is 2.74. The van der Waals surface area contributed by atoms with E-state index in [9.17, 15) is 4.79 Å². The van der Waals surface area contributed by atoms with Crippen molar-refractivity contribution in [3.05, 3.63) is 91.0 Å². The van der Waals surface area contributed by atoms with E-state index in [4.69, 9.17) is 11.6 Å². The molecular weight excluding hydrogens is 383 g/mol. The molecular formula is C25H26ClOP. The van der Waals surface area contributed by atoms with Crippen LogP contribution in [-0.2, 0) is 4.79 Å². The third kappa shape index (κ3) is 4.66. The lowest BCUT2D eigenvalue weighted by atomic mass is 10.0. The Balaban J connectivity index is 2.25. The molecule has 3 heteroatoms. The molecule has 3 aromatic carbocycles.